The van der Waals surface area contributed by atoms with Crippen LogP contribution in [0.15, 0.2) is 35.1 Å². The third-order valence-corrected chi connectivity index (χ3v) is 3.54. The van der Waals surface area contributed by atoms with E-state index in [2.05, 4.69) is 21.9 Å². The molecule has 0 saturated heterocycles. The van der Waals surface area contributed by atoms with E-state index >= 15 is 0 Å². The quantitative estimate of drug-likeness (QED) is 0.670. The van der Waals surface area contributed by atoms with Crippen molar-refractivity contribution in [3.8, 4) is 6.01 Å². The van der Waals surface area contributed by atoms with Gasteiger partial charge in [-0.2, -0.15) is 9.97 Å². The number of nitrogen functional groups attached to an aromatic ring is 1. The van der Waals surface area contributed by atoms with Crippen molar-refractivity contribution in [1.82, 2.24) is 19.5 Å². The minimum Gasteiger partial charge on any atom is -0.463 e. The zero-order valence-corrected chi connectivity index (χ0v) is 15.0. The highest BCUT2D eigenvalue weighted by Crippen LogP contribution is 2.18. The first-order valence-corrected chi connectivity index (χ1v) is 8.61. The molecular weight excluding hydrogens is 318 g/mol. The molecule has 2 aromatic heterocycles. The lowest BCUT2D eigenvalue weighted by molar-refractivity contribution is 0.286. The summed E-state index contributed by atoms with van der Waals surface area (Å²) in [6.07, 6.45) is 1.92. The fraction of sp³-hybridized carbons (Fsp3) is 0.389. The number of anilines is 1. The normalized spacial score (nSPS) is 10.4. The smallest absolute Gasteiger partial charge is 0.328 e. The summed E-state index contributed by atoms with van der Waals surface area (Å²) in [6, 6.07) is 9.89. The largest absolute Gasteiger partial charge is 0.463 e. The zero-order chi connectivity index (χ0) is 18.2. The van der Waals surface area contributed by atoms with Crippen LogP contribution in [0, 0.1) is 0 Å². The number of rotatable bonds is 6. The van der Waals surface area contributed by atoms with Gasteiger partial charge in [-0.1, -0.05) is 57.5 Å². The Labute approximate surface area is 146 Å². The van der Waals surface area contributed by atoms with E-state index in [0.29, 0.717) is 24.3 Å². The summed E-state index contributed by atoms with van der Waals surface area (Å²) in [6.45, 7) is 7.00. The molecule has 25 heavy (non-hydrogen) atoms. The van der Waals surface area contributed by atoms with Crippen molar-refractivity contribution in [1.29, 1.82) is 0 Å². The van der Waals surface area contributed by atoms with Crippen LogP contribution >= 0.6 is 0 Å². The van der Waals surface area contributed by atoms with Gasteiger partial charge in [0.2, 0.25) is 0 Å². The number of nitrogens with one attached hydrogen (secondary N) is 1. The molecule has 3 aromatic rings. The molecule has 3 N–H and O–H groups in total. The second kappa shape index (κ2) is 8.86. The summed E-state index contributed by atoms with van der Waals surface area (Å²) in [7, 11) is 0. The summed E-state index contributed by atoms with van der Waals surface area (Å²) in [4.78, 5) is 23.4. The summed E-state index contributed by atoms with van der Waals surface area (Å²) < 4.78 is 7.06. The van der Waals surface area contributed by atoms with Crippen molar-refractivity contribution in [3.63, 3.8) is 0 Å². The highest BCUT2D eigenvalue weighted by Gasteiger charge is 2.14. The van der Waals surface area contributed by atoms with Gasteiger partial charge in [0.1, 0.15) is 5.52 Å². The van der Waals surface area contributed by atoms with E-state index in [1.165, 1.54) is 4.57 Å². The van der Waals surface area contributed by atoms with Crippen LogP contribution in [-0.2, 0) is 6.54 Å². The maximum Gasteiger partial charge on any atom is 0.328 e. The van der Waals surface area contributed by atoms with Gasteiger partial charge in [0, 0.05) is 0 Å². The number of nitrogens with zero attached hydrogens (tertiary/aromatic N) is 3. The van der Waals surface area contributed by atoms with Gasteiger partial charge in [0.25, 0.3) is 0 Å². The summed E-state index contributed by atoms with van der Waals surface area (Å²) >= 11 is 0. The number of unbranched alkanes of at least 4 members (excludes halogenated alkanes) is 1. The Bertz CT molecular complexity index is 855. The molecule has 2 heterocycles. The lowest BCUT2D eigenvalue weighted by Gasteiger charge is -2.06. The molecule has 7 heteroatoms. The number of nitrogens with two attached hydrogens (primary N) is 1. The number of imidazole rings is 1. The molecule has 0 saturated carbocycles. The molecule has 3 rings (SSSR count). The lowest BCUT2D eigenvalue weighted by Crippen LogP contribution is -2.17. The second-order valence-electron chi connectivity index (χ2n) is 5.29. The number of aromatic amines is 1. The van der Waals surface area contributed by atoms with Crippen molar-refractivity contribution >= 4 is 17.0 Å². The average molecular weight is 343 g/mol. The minimum absolute atomic E-state index is 0.198. The van der Waals surface area contributed by atoms with E-state index in [1.807, 2.05) is 44.2 Å². The van der Waals surface area contributed by atoms with Crippen LogP contribution < -0.4 is 16.2 Å². The summed E-state index contributed by atoms with van der Waals surface area (Å²) in [5.41, 5.74) is 7.55. The molecular formula is C18H25N5O2. The van der Waals surface area contributed by atoms with Crippen LogP contribution in [0.25, 0.3) is 11.2 Å². The molecule has 0 fully saturated rings. The van der Waals surface area contributed by atoms with Gasteiger partial charge >= 0.3 is 11.7 Å². The van der Waals surface area contributed by atoms with Crippen LogP contribution in [0.1, 0.15) is 39.2 Å². The van der Waals surface area contributed by atoms with E-state index in [9.17, 15) is 4.79 Å². The van der Waals surface area contributed by atoms with Gasteiger partial charge in [-0.15, -0.1) is 0 Å². The number of hydrogen-bond donors (Lipinski definition) is 2. The molecule has 0 amide bonds. The van der Waals surface area contributed by atoms with E-state index < -0.39 is 0 Å². The maximum absolute atomic E-state index is 12.2. The number of fused-ring (bicyclic) bond motifs is 1. The highest BCUT2D eigenvalue weighted by molar-refractivity contribution is 5.81. The van der Waals surface area contributed by atoms with Crippen LogP contribution in [-0.4, -0.2) is 26.1 Å². The SMILES string of the molecule is CC.CCCCOc1nc(N)c2[nH]c(=O)n(Cc3ccccc3)c2n1. The minimum atomic E-state index is -0.268. The van der Waals surface area contributed by atoms with Crippen molar-refractivity contribution in [3.05, 3.63) is 46.4 Å². The first kappa shape index (κ1) is 18.5. The third-order valence-electron chi connectivity index (χ3n) is 3.54. The van der Waals surface area contributed by atoms with Crippen molar-refractivity contribution < 1.29 is 4.74 Å². The predicted molar refractivity (Wildman–Crippen MR) is 99.9 cm³/mol. The monoisotopic (exact) mass is 343 g/mol. The Morgan fingerprint density at radius 3 is 2.60 bits per heavy atom. The van der Waals surface area contributed by atoms with Crippen molar-refractivity contribution in [2.24, 2.45) is 0 Å². The third kappa shape index (κ3) is 4.37. The fourth-order valence-electron chi connectivity index (χ4n) is 2.32. The highest BCUT2D eigenvalue weighted by atomic mass is 16.5. The Morgan fingerprint density at radius 2 is 1.92 bits per heavy atom. The molecule has 0 atom stereocenters. The number of benzene rings is 1. The first-order chi connectivity index (χ1) is 12.2. The van der Waals surface area contributed by atoms with E-state index in [4.69, 9.17) is 10.5 Å². The molecule has 0 aliphatic carbocycles. The molecule has 0 aliphatic heterocycles. The van der Waals surface area contributed by atoms with Gasteiger partial charge in [0.05, 0.1) is 13.2 Å². The molecule has 0 unspecified atom stereocenters. The molecule has 7 nitrogen and oxygen atoms in total. The molecule has 0 spiro atoms. The zero-order valence-electron chi connectivity index (χ0n) is 15.0. The van der Waals surface area contributed by atoms with Crippen LogP contribution in [0.5, 0.6) is 6.01 Å². The van der Waals surface area contributed by atoms with Crippen molar-refractivity contribution in [2.75, 3.05) is 12.3 Å². The second-order valence-corrected chi connectivity index (χ2v) is 5.29. The van der Waals surface area contributed by atoms with Crippen LogP contribution in [0.4, 0.5) is 5.82 Å². The number of ether oxygens (including phenoxy) is 1. The first-order valence-electron chi connectivity index (χ1n) is 8.61. The van der Waals surface area contributed by atoms with Gasteiger partial charge in [-0.05, 0) is 12.0 Å². The van der Waals surface area contributed by atoms with Crippen LogP contribution in [0.3, 0.4) is 0 Å². The summed E-state index contributed by atoms with van der Waals surface area (Å²) in [5.74, 6) is 0.213. The lowest BCUT2D eigenvalue weighted by atomic mass is 10.2. The van der Waals surface area contributed by atoms with Gasteiger partial charge in [-0.25, -0.2) is 4.79 Å². The average Bonchev–Trinajstić information content (AvgIpc) is 2.95. The Kier molecular flexibility index (Phi) is 6.56. The Balaban J connectivity index is 0.00000109. The standard InChI is InChI=1S/C16H19N5O2.C2H6/c1-2-3-9-23-15-19-13(17)12-14(20-15)21(16(22)18-12)10-11-7-5-4-6-8-11;1-2/h4-8H,2-3,9-10H2,1H3,(H,18,22)(H2,17,19,20);1-2H3. The number of H-pyrrole nitrogens is 1. The maximum atomic E-state index is 12.2. The number of hydrogen-bond acceptors (Lipinski definition) is 5. The van der Waals surface area contributed by atoms with E-state index in [1.54, 1.807) is 0 Å². The van der Waals surface area contributed by atoms with Crippen molar-refractivity contribution in [2.45, 2.75) is 40.2 Å². The Morgan fingerprint density at radius 1 is 1.20 bits per heavy atom. The van der Waals surface area contributed by atoms with E-state index in [-0.39, 0.29) is 17.5 Å². The predicted octanol–water partition coefficient (Wildman–Crippen LogP) is 2.96. The van der Waals surface area contributed by atoms with Gasteiger partial charge in [0.15, 0.2) is 11.5 Å². The Hall–Kier alpha value is -2.83. The van der Waals surface area contributed by atoms with Gasteiger partial charge in [-0.3, -0.25) is 4.57 Å². The molecule has 0 bridgehead atoms. The van der Waals surface area contributed by atoms with Crippen LogP contribution in [0.2, 0.25) is 0 Å². The van der Waals surface area contributed by atoms with Gasteiger partial charge < -0.3 is 15.5 Å². The molecule has 1 aromatic carbocycles. The van der Waals surface area contributed by atoms with E-state index in [0.717, 1.165) is 18.4 Å². The number of aromatic nitrogens is 4. The molecule has 0 radical (unpaired) electrons. The molecule has 0 aliphatic rings. The summed E-state index contributed by atoms with van der Waals surface area (Å²) in [5, 5.41) is 0. The topological polar surface area (TPSA) is 98.8 Å². The molecule has 134 valence electrons. The fourth-order valence-corrected chi connectivity index (χ4v) is 2.32.